The molecule has 0 aromatic carbocycles. The van der Waals surface area contributed by atoms with Crippen molar-refractivity contribution in [1.82, 2.24) is 15.4 Å². The number of carbonyl (C=O) groups excluding carboxylic acids is 1. The highest BCUT2D eigenvalue weighted by Crippen LogP contribution is 1.95. The van der Waals surface area contributed by atoms with Crippen LogP contribution in [0.2, 0.25) is 0 Å². The van der Waals surface area contributed by atoms with Crippen molar-refractivity contribution in [2.24, 2.45) is 0 Å². The molecule has 1 heterocycles. The van der Waals surface area contributed by atoms with Gasteiger partial charge in [-0.3, -0.25) is 4.79 Å². The number of sulfonamides is 1. The monoisotopic (exact) mass is 251 g/mol. The zero-order valence-electron chi connectivity index (χ0n) is 9.15. The Morgan fingerprint density at radius 2 is 2.25 bits per heavy atom. The largest absolute Gasteiger partial charge is 0.366 e. The molecule has 1 atom stereocenters. The molecule has 0 saturated carbocycles. The molecule has 1 rings (SSSR count). The third-order valence-electron chi connectivity index (χ3n) is 2.01. The fraction of sp³-hybridized carbons (Fsp3) is 0.875. The highest BCUT2D eigenvalue weighted by Gasteiger charge is 2.20. The quantitative estimate of drug-likeness (QED) is 0.475. The van der Waals surface area contributed by atoms with Crippen LogP contribution in [0, 0.1) is 0 Å². The molecule has 94 valence electrons. The fourth-order valence-corrected chi connectivity index (χ4v) is 1.74. The van der Waals surface area contributed by atoms with E-state index in [9.17, 15) is 13.2 Å². The lowest BCUT2D eigenvalue weighted by atomic mass is 10.3. The van der Waals surface area contributed by atoms with Crippen LogP contribution in [0.1, 0.15) is 0 Å². The van der Waals surface area contributed by atoms with E-state index in [1.165, 1.54) is 0 Å². The van der Waals surface area contributed by atoms with Crippen LogP contribution in [0.3, 0.4) is 0 Å². The first-order chi connectivity index (χ1) is 7.49. The van der Waals surface area contributed by atoms with E-state index in [4.69, 9.17) is 4.74 Å². The van der Waals surface area contributed by atoms with Gasteiger partial charge in [0.2, 0.25) is 10.0 Å². The van der Waals surface area contributed by atoms with Crippen molar-refractivity contribution in [2.45, 2.75) is 6.10 Å². The number of rotatable bonds is 5. The lowest BCUT2D eigenvalue weighted by molar-refractivity contribution is -0.134. The molecular formula is C8H17N3O4S. The second-order valence-corrected chi connectivity index (χ2v) is 5.35. The van der Waals surface area contributed by atoms with Crippen LogP contribution in [-0.2, 0) is 19.6 Å². The molecule has 0 spiro atoms. The average molecular weight is 251 g/mol. The van der Waals surface area contributed by atoms with Gasteiger partial charge >= 0.3 is 0 Å². The van der Waals surface area contributed by atoms with Gasteiger partial charge in [0.15, 0.2) is 0 Å². The van der Waals surface area contributed by atoms with Gasteiger partial charge in [0, 0.05) is 26.2 Å². The van der Waals surface area contributed by atoms with E-state index in [0.717, 1.165) is 12.8 Å². The first-order valence-electron chi connectivity index (χ1n) is 5.04. The van der Waals surface area contributed by atoms with E-state index in [2.05, 4.69) is 15.4 Å². The van der Waals surface area contributed by atoms with Crippen LogP contribution in [0.4, 0.5) is 0 Å². The predicted octanol–water partition coefficient (Wildman–Crippen LogP) is -2.36. The van der Waals surface area contributed by atoms with Crippen molar-refractivity contribution in [3.8, 4) is 0 Å². The summed E-state index contributed by atoms with van der Waals surface area (Å²) in [5, 5.41) is 5.63. The molecule has 0 bridgehead atoms. The second kappa shape index (κ2) is 6.14. The summed E-state index contributed by atoms with van der Waals surface area (Å²) in [7, 11) is -3.19. The summed E-state index contributed by atoms with van der Waals surface area (Å²) >= 11 is 0. The van der Waals surface area contributed by atoms with Gasteiger partial charge in [0.1, 0.15) is 6.10 Å². The van der Waals surface area contributed by atoms with Crippen LogP contribution >= 0.6 is 0 Å². The maximum absolute atomic E-state index is 11.5. The molecule has 0 aromatic heterocycles. The topological polar surface area (TPSA) is 96.5 Å². The van der Waals surface area contributed by atoms with Crippen LogP contribution in [-0.4, -0.2) is 59.5 Å². The van der Waals surface area contributed by atoms with E-state index in [1.54, 1.807) is 0 Å². The Morgan fingerprint density at radius 1 is 1.50 bits per heavy atom. The third kappa shape index (κ3) is 5.40. The van der Waals surface area contributed by atoms with Crippen molar-refractivity contribution < 1.29 is 17.9 Å². The molecule has 1 saturated heterocycles. The average Bonchev–Trinajstić information content (AvgIpc) is 2.24. The van der Waals surface area contributed by atoms with Crippen LogP contribution in [0.25, 0.3) is 0 Å². The van der Waals surface area contributed by atoms with Gasteiger partial charge in [-0.05, 0) is 0 Å². The number of hydrogen-bond acceptors (Lipinski definition) is 5. The summed E-state index contributed by atoms with van der Waals surface area (Å²) in [5.41, 5.74) is 0. The number of morpholine rings is 1. The van der Waals surface area contributed by atoms with Crippen LogP contribution in [0.15, 0.2) is 0 Å². The maximum Gasteiger partial charge on any atom is 0.250 e. The first-order valence-corrected chi connectivity index (χ1v) is 6.93. The minimum atomic E-state index is -3.19. The standard InChI is InChI=1S/C8H17N3O4S/c1-16(13,14)11-3-2-10-8(12)7-6-9-4-5-15-7/h7,9,11H,2-6H2,1H3,(H,10,12). The summed E-state index contributed by atoms with van der Waals surface area (Å²) < 4.78 is 28.9. The molecule has 1 unspecified atom stereocenters. The molecule has 0 radical (unpaired) electrons. The zero-order chi connectivity index (χ0) is 12.0. The molecule has 1 aliphatic rings. The summed E-state index contributed by atoms with van der Waals surface area (Å²) in [6, 6.07) is 0. The van der Waals surface area contributed by atoms with Gasteiger partial charge < -0.3 is 15.4 Å². The maximum atomic E-state index is 11.5. The van der Waals surface area contributed by atoms with E-state index < -0.39 is 16.1 Å². The van der Waals surface area contributed by atoms with E-state index in [-0.39, 0.29) is 19.0 Å². The van der Waals surface area contributed by atoms with Crippen LogP contribution in [0.5, 0.6) is 0 Å². The van der Waals surface area contributed by atoms with Crippen LogP contribution < -0.4 is 15.4 Å². The van der Waals surface area contributed by atoms with Crippen molar-refractivity contribution in [2.75, 3.05) is 39.0 Å². The Morgan fingerprint density at radius 3 is 2.81 bits per heavy atom. The van der Waals surface area contributed by atoms with Gasteiger partial charge in [-0.25, -0.2) is 13.1 Å². The molecule has 1 amide bonds. The lowest BCUT2D eigenvalue weighted by Crippen LogP contribution is -2.49. The summed E-state index contributed by atoms with van der Waals surface area (Å²) in [4.78, 5) is 11.5. The molecule has 16 heavy (non-hydrogen) atoms. The van der Waals surface area contributed by atoms with Gasteiger partial charge in [-0.2, -0.15) is 0 Å². The van der Waals surface area contributed by atoms with Crippen molar-refractivity contribution in [1.29, 1.82) is 0 Å². The Kier molecular flexibility index (Phi) is 5.13. The second-order valence-electron chi connectivity index (χ2n) is 3.52. The molecule has 1 aliphatic heterocycles. The molecule has 0 aromatic rings. The van der Waals surface area contributed by atoms with Gasteiger partial charge in [0.25, 0.3) is 5.91 Å². The summed E-state index contributed by atoms with van der Waals surface area (Å²) in [6.45, 7) is 2.20. The lowest BCUT2D eigenvalue weighted by Gasteiger charge is -2.22. The van der Waals surface area contributed by atoms with Crippen molar-refractivity contribution >= 4 is 15.9 Å². The minimum absolute atomic E-state index is 0.185. The van der Waals surface area contributed by atoms with Gasteiger partial charge in [0.05, 0.1) is 12.9 Å². The highest BCUT2D eigenvalue weighted by molar-refractivity contribution is 7.88. The molecule has 7 nitrogen and oxygen atoms in total. The Bertz CT molecular complexity index is 324. The number of carbonyl (C=O) groups is 1. The summed E-state index contributed by atoms with van der Waals surface area (Å²) in [6.07, 6.45) is 0.593. The molecule has 8 heteroatoms. The molecule has 0 aliphatic carbocycles. The number of hydrogen-bond donors (Lipinski definition) is 3. The summed E-state index contributed by atoms with van der Waals surface area (Å²) in [5.74, 6) is -0.220. The molecule has 1 fully saturated rings. The minimum Gasteiger partial charge on any atom is -0.366 e. The third-order valence-corrected chi connectivity index (χ3v) is 2.74. The smallest absolute Gasteiger partial charge is 0.250 e. The van der Waals surface area contributed by atoms with Crippen molar-refractivity contribution in [3.05, 3.63) is 0 Å². The van der Waals surface area contributed by atoms with Gasteiger partial charge in [-0.15, -0.1) is 0 Å². The highest BCUT2D eigenvalue weighted by atomic mass is 32.2. The van der Waals surface area contributed by atoms with E-state index >= 15 is 0 Å². The number of nitrogens with one attached hydrogen (secondary N) is 3. The molecule has 3 N–H and O–H groups in total. The number of amides is 1. The SMILES string of the molecule is CS(=O)(=O)NCCNC(=O)C1CNCCO1. The van der Waals surface area contributed by atoms with E-state index in [0.29, 0.717) is 13.2 Å². The van der Waals surface area contributed by atoms with Gasteiger partial charge in [-0.1, -0.05) is 0 Å². The normalized spacial score (nSPS) is 21.7. The predicted molar refractivity (Wildman–Crippen MR) is 58.5 cm³/mol. The Hall–Kier alpha value is -0.700. The fourth-order valence-electron chi connectivity index (χ4n) is 1.27. The Labute approximate surface area is 95.0 Å². The zero-order valence-corrected chi connectivity index (χ0v) is 9.97. The number of ether oxygens (including phenoxy) is 1. The Balaban J connectivity index is 2.14. The van der Waals surface area contributed by atoms with Crippen molar-refractivity contribution in [3.63, 3.8) is 0 Å². The van der Waals surface area contributed by atoms with E-state index in [1.807, 2.05) is 0 Å². The molecular weight excluding hydrogens is 234 g/mol. The first kappa shape index (κ1) is 13.4.